The van der Waals surface area contributed by atoms with E-state index in [9.17, 15) is 13.2 Å². The Hall–Kier alpha value is -2.33. The molecule has 0 fully saturated rings. The van der Waals surface area contributed by atoms with E-state index >= 15 is 0 Å². The van der Waals surface area contributed by atoms with Crippen molar-refractivity contribution in [3.05, 3.63) is 82.2 Å². The molecule has 0 aliphatic heterocycles. The second-order valence-corrected chi connectivity index (χ2v) is 6.59. The first-order valence-corrected chi connectivity index (χ1v) is 9.13. The predicted molar refractivity (Wildman–Crippen MR) is 107 cm³/mol. The molecule has 2 aromatic rings. The van der Waals surface area contributed by atoms with Crippen LogP contribution in [0.2, 0.25) is 0 Å². The number of hydrogen-bond donors (Lipinski definition) is 1. The van der Waals surface area contributed by atoms with Crippen molar-refractivity contribution in [1.82, 2.24) is 5.32 Å². The lowest BCUT2D eigenvalue weighted by Crippen LogP contribution is -2.35. The van der Waals surface area contributed by atoms with Crippen molar-refractivity contribution in [2.75, 3.05) is 6.54 Å². The van der Waals surface area contributed by atoms with Gasteiger partial charge in [-0.2, -0.15) is 13.2 Å². The molecule has 0 radical (unpaired) electrons. The van der Waals surface area contributed by atoms with E-state index in [0.717, 1.165) is 35.0 Å². The molecular weight excluding hydrogens is 347 g/mol. The van der Waals surface area contributed by atoms with Gasteiger partial charge in [0, 0.05) is 6.04 Å². The zero-order valence-electron chi connectivity index (χ0n) is 15.8. The van der Waals surface area contributed by atoms with Gasteiger partial charge in [-0.3, -0.25) is 0 Å². The Labute approximate surface area is 158 Å². The Balaban J connectivity index is 2.00. The van der Waals surface area contributed by atoms with Crippen LogP contribution in [-0.4, -0.2) is 12.6 Å². The van der Waals surface area contributed by atoms with Gasteiger partial charge in [0.1, 0.15) is 0 Å². The summed E-state index contributed by atoms with van der Waals surface area (Å²) in [6.45, 7) is 8.88. The molecule has 0 saturated carbocycles. The second-order valence-electron chi connectivity index (χ2n) is 6.59. The highest BCUT2D eigenvalue weighted by Gasteiger charge is 2.30. The molecule has 1 N–H and O–H groups in total. The van der Waals surface area contributed by atoms with Crippen molar-refractivity contribution in [2.24, 2.45) is 0 Å². The number of hydrogen-bond acceptors (Lipinski definition) is 1. The van der Waals surface area contributed by atoms with E-state index in [0.29, 0.717) is 12.0 Å². The van der Waals surface area contributed by atoms with Gasteiger partial charge in [-0.15, -0.1) is 0 Å². The number of halogens is 3. The van der Waals surface area contributed by atoms with Crippen LogP contribution >= 0.6 is 0 Å². The minimum Gasteiger partial charge on any atom is -0.310 e. The minimum atomic E-state index is -4.29. The molecule has 4 heteroatoms. The Morgan fingerprint density at radius 3 is 2.56 bits per heavy atom. The van der Waals surface area contributed by atoms with Crippen LogP contribution in [0.5, 0.6) is 0 Å². The molecule has 0 aromatic heterocycles. The highest BCUT2D eigenvalue weighted by Crippen LogP contribution is 2.29. The molecule has 2 aromatic carbocycles. The standard InChI is InChI=1S/C23H26F3N/c1-4-9-22(21-14-6-5-10-17(21)2)18(3)27-15-8-12-19-11-7-13-20(16-19)23(24,25)26/h4-7,9-11,13-14,16,18,27H,2,8,12,15H2,1,3H3. The smallest absolute Gasteiger partial charge is 0.310 e. The molecule has 144 valence electrons. The van der Waals surface area contributed by atoms with E-state index in [4.69, 9.17) is 0 Å². The zero-order chi connectivity index (χ0) is 19.9. The SMILES string of the molecule is C=c1ccccc1=C(C=CC)C(C)NCCCc1cccc(C(F)(F)F)c1. The molecular formula is C23H26F3N. The summed E-state index contributed by atoms with van der Waals surface area (Å²) in [7, 11) is 0. The Kier molecular flexibility index (Phi) is 7.43. The van der Waals surface area contributed by atoms with Crippen LogP contribution in [0.15, 0.2) is 60.7 Å². The van der Waals surface area contributed by atoms with Gasteiger partial charge in [-0.25, -0.2) is 0 Å². The minimum absolute atomic E-state index is 0.116. The lowest BCUT2D eigenvalue weighted by atomic mass is 10.0. The van der Waals surface area contributed by atoms with Crippen molar-refractivity contribution < 1.29 is 13.2 Å². The van der Waals surface area contributed by atoms with Gasteiger partial charge < -0.3 is 5.32 Å². The Morgan fingerprint density at radius 2 is 1.89 bits per heavy atom. The summed E-state index contributed by atoms with van der Waals surface area (Å²) >= 11 is 0. The molecule has 0 spiro atoms. The average Bonchev–Trinajstić information content (AvgIpc) is 2.63. The van der Waals surface area contributed by atoms with Crippen LogP contribution in [-0.2, 0) is 12.6 Å². The summed E-state index contributed by atoms with van der Waals surface area (Å²) in [4.78, 5) is 0. The third-order valence-electron chi connectivity index (χ3n) is 4.49. The molecule has 0 aliphatic carbocycles. The first kappa shape index (κ1) is 21.0. The van der Waals surface area contributed by atoms with Crippen LogP contribution in [0.1, 0.15) is 31.4 Å². The highest BCUT2D eigenvalue weighted by molar-refractivity contribution is 5.61. The molecule has 0 bridgehead atoms. The topological polar surface area (TPSA) is 12.0 Å². The van der Waals surface area contributed by atoms with Crippen molar-refractivity contribution in [3.8, 4) is 0 Å². The first-order chi connectivity index (χ1) is 12.8. The van der Waals surface area contributed by atoms with E-state index in [1.165, 1.54) is 12.1 Å². The van der Waals surface area contributed by atoms with Gasteiger partial charge in [-0.1, -0.05) is 61.2 Å². The number of nitrogens with one attached hydrogen (secondary N) is 1. The van der Waals surface area contributed by atoms with Crippen molar-refractivity contribution in [2.45, 2.75) is 38.9 Å². The summed E-state index contributed by atoms with van der Waals surface area (Å²) < 4.78 is 38.4. The van der Waals surface area contributed by atoms with E-state index in [2.05, 4.69) is 31.0 Å². The van der Waals surface area contributed by atoms with E-state index in [1.54, 1.807) is 6.07 Å². The van der Waals surface area contributed by atoms with Gasteiger partial charge in [-0.05, 0) is 60.9 Å². The monoisotopic (exact) mass is 373 g/mol. The average molecular weight is 373 g/mol. The molecule has 0 heterocycles. The summed E-state index contributed by atoms with van der Waals surface area (Å²) in [6.07, 6.45) is 1.16. The lowest BCUT2D eigenvalue weighted by molar-refractivity contribution is -0.137. The lowest BCUT2D eigenvalue weighted by Gasteiger charge is -2.16. The summed E-state index contributed by atoms with van der Waals surface area (Å²) in [5.41, 5.74) is 1.28. The first-order valence-electron chi connectivity index (χ1n) is 9.13. The number of rotatable bonds is 7. The van der Waals surface area contributed by atoms with Crippen molar-refractivity contribution in [1.29, 1.82) is 0 Å². The van der Waals surface area contributed by atoms with Crippen molar-refractivity contribution >= 4 is 12.2 Å². The van der Waals surface area contributed by atoms with Crippen LogP contribution < -0.4 is 15.8 Å². The Bertz CT molecular complexity index is 881. The van der Waals surface area contributed by atoms with E-state index in [1.807, 2.05) is 31.2 Å². The van der Waals surface area contributed by atoms with Crippen LogP contribution in [0, 0.1) is 0 Å². The fourth-order valence-electron chi connectivity index (χ4n) is 3.07. The maximum atomic E-state index is 12.8. The molecule has 1 nitrogen and oxygen atoms in total. The fraction of sp³-hybridized carbons (Fsp3) is 0.304. The number of aryl methyl sites for hydroxylation is 1. The molecule has 0 saturated heterocycles. The van der Waals surface area contributed by atoms with Gasteiger partial charge in [0.15, 0.2) is 0 Å². The second kappa shape index (κ2) is 9.56. The normalized spacial score (nSPS) is 14.4. The molecule has 2 rings (SSSR count). The quantitative estimate of drug-likeness (QED) is 0.707. The van der Waals surface area contributed by atoms with Gasteiger partial charge in [0.05, 0.1) is 5.56 Å². The van der Waals surface area contributed by atoms with Gasteiger partial charge in [0.2, 0.25) is 0 Å². The van der Waals surface area contributed by atoms with Gasteiger partial charge >= 0.3 is 6.18 Å². The van der Waals surface area contributed by atoms with Crippen LogP contribution in [0.25, 0.3) is 12.2 Å². The molecule has 27 heavy (non-hydrogen) atoms. The van der Waals surface area contributed by atoms with Crippen LogP contribution in [0.4, 0.5) is 13.2 Å². The van der Waals surface area contributed by atoms with E-state index < -0.39 is 11.7 Å². The largest absolute Gasteiger partial charge is 0.416 e. The maximum absolute atomic E-state index is 12.8. The third kappa shape index (κ3) is 6.10. The highest BCUT2D eigenvalue weighted by atomic mass is 19.4. The maximum Gasteiger partial charge on any atom is 0.416 e. The molecule has 0 aliphatic rings. The summed E-state index contributed by atoms with van der Waals surface area (Å²) in [5.74, 6) is 0. The molecule has 0 amide bonds. The predicted octanol–water partition coefficient (Wildman–Crippen LogP) is 4.45. The summed E-state index contributed by atoms with van der Waals surface area (Å²) in [5, 5.41) is 5.55. The number of benzene rings is 2. The number of allylic oxidation sites excluding steroid dienone is 1. The molecule has 1 atom stereocenters. The molecule has 1 unspecified atom stereocenters. The summed E-state index contributed by atoms with van der Waals surface area (Å²) in [6, 6.07) is 13.7. The van der Waals surface area contributed by atoms with Gasteiger partial charge in [0.25, 0.3) is 0 Å². The Morgan fingerprint density at radius 1 is 1.15 bits per heavy atom. The van der Waals surface area contributed by atoms with E-state index in [-0.39, 0.29) is 6.04 Å². The fourth-order valence-corrected chi connectivity index (χ4v) is 3.07. The third-order valence-corrected chi connectivity index (χ3v) is 4.49. The number of alkyl halides is 3. The van der Waals surface area contributed by atoms with Crippen LogP contribution in [0.3, 0.4) is 0 Å². The van der Waals surface area contributed by atoms with Crippen molar-refractivity contribution in [3.63, 3.8) is 0 Å². The zero-order valence-corrected chi connectivity index (χ0v) is 15.8.